The number of benzene rings is 1. The number of amides is 1. The van der Waals surface area contributed by atoms with Crippen LogP contribution in [0.3, 0.4) is 0 Å². The summed E-state index contributed by atoms with van der Waals surface area (Å²) in [5, 5.41) is 4.23. The second-order valence-corrected chi connectivity index (χ2v) is 7.16. The predicted molar refractivity (Wildman–Crippen MR) is 109 cm³/mol. The highest BCUT2D eigenvalue weighted by atomic mass is 16.1. The van der Waals surface area contributed by atoms with Crippen LogP contribution < -0.4 is 5.32 Å². The highest BCUT2D eigenvalue weighted by Crippen LogP contribution is 2.32. The van der Waals surface area contributed by atoms with E-state index >= 15 is 0 Å². The van der Waals surface area contributed by atoms with E-state index < -0.39 is 0 Å². The third-order valence-electron chi connectivity index (χ3n) is 5.67. The number of hydrogen-bond acceptors (Lipinski definition) is 3. The van der Waals surface area contributed by atoms with E-state index in [4.69, 9.17) is 0 Å². The van der Waals surface area contributed by atoms with E-state index in [2.05, 4.69) is 46.2 Å². The Hall–Kier alpha value is -2.66. The summed E-state index contributed by atoms with van der Waals surface area (Å²) in [6.07, 6.45) is 6.60. The number of carbonyl (C=O) groups is 1. The van der Waals surface area contributed by atoms with Gasteiger partial charge in [0.2, 0.25) is 0 Å². The van der Waals surface area contributed by atoms with Crippen LogP contribution in [0.1, 0.15) is 41.9 Å². The van der Waals surface area contributed by atoms with E-state index in [1.165, 1.54) is 23.1 Å². The van der Waals surface area contributed by atoms with Crippen LogP contribution in [0.15, 0.2) is 42.7 Å². The Morgan fingerprint density at radius 1 is 1.30 bits per heavy atom. The van der Waals surface area contributed by atoms with Gasteiger partial charge in [-0.25, -0.2) is 0 Å². The SMILES string of the molecule is CCN(CC)C1CCc2[nH]c3ccc(NC(=O)c4cccnc4)cc3c2C1. The third-order valence-corrected chi connectivity index (χ3v) is 5.67. The van der Waals surface area contributed by atoms with Gasteiger partial charge in [-0.05, 0) is 68.2 Å². The number of nitrogens with one attached hydrogen (secondary N) is 2. The molecular formula is C22H26N4O. The largest absolute Gasteiger partial charge is 0.358 e. The summed E-state index contributed by atoms with van der Waals surface area (Å²) >= 11 is 0. The number of anilines is 1. The summed E-state index contributed by atoms with van der Waals surface area (Å²) in [6.45, 7) is 6.65. The summed E-state index contributed by atoms with van der Waals surface area (Å²) in [5.41, 5.74) is 5.30. The van der Waals surface area contributed by atoms with Gasteiger partial charge in [0.1, 0.15) is 0 Å². The number of likely N-dealkylation sites (N-methyl/N-ethyl adjacent to an activating group) is 1. The number of H-pyrrole nitrogens is 1. The van der Waals surface area contributed by atoms with Crippen LogP contribution in [0.4, 0.5) is 5.69 Å². The average molecular weight is 362 g/mol. The summed E-state index contributed by atoms with van der Waals surface area (Å²) in [5.74, 6) is -0.132. The van der Waals surface area contributed by atoms with Gasteiger partial charge >= 0.3 is 0 Å². The Morgan fingerprint density at radius 2 is 2.15 bits per heavy atom. The molecule has 2 N–H and O–H groups in total. The Balaban J connectivity index is 1.61. The van der Waals surface area contributed by atoms with Crippen molar-refractivity contribution in [2.24, 2.45) is 0 Å². The molecule has 0 saturated heterocycles. The van der Waals surface area contributed by atoms with E-state index in [-0.39, 0.29) is 5.91 Å². The zero-order valence-corrected chi connectivity index (χ0v) is 16.0. The Morgan fingerprint density at radius 3 is 2.89 bits per heavy atom. The molecule has 0 saturated carbocycles. The molecule has 27 heavy (non-hydrogen) atoms. The number of rotatable bonds is 5. The second kappa shape index (κ2) is 7.53. The summed E-state index contributed by atoms with van der Waals surface area (Å²) in [4.78, 5) is 22.6. The van der Waals surface area contributed by atoms with Gasteiger partial charge in [-0.2, -0.15) is 0 Å². The number of pyridine rings is 1. The van der Waals surface area contributed by atoms with Crippen molar-refractivity contribution in [1.82, 2.24) is 14.9 Å². The molecule has 2 heterocycles. The van der Waals surface area contributed by atoms with E-state index in [0.29, 0.717) is 11.6 Å². The fourth-order valence-electron chi connectivity index (χ4n) is 4.23. The van der Waals surface area contributed by atoms with E-state index in [9.17, 15) is 4.79 Å². The topological polar surface area (TPSA) is 61.0 Å². The molecule has 1 aromatic carbocycles. The van der Waals surface area contributed by atoms with Crippen molar-refractivity contribution in [3.05, 3.63) is 59.5 Å². The first kappa shape index (κ1) is 17.7. The van der Waals surface area contributed by atoms with Gasteiger partial charge in [0.25, 0.3) is 5.91 Å². The van der Waals surface area contributed by atoms with Crippen LogP contribution in [0, 0.1) is 0 Å². The summed E-state index contributed by atoms with van der Waals surface area (Å²) < 4.78 is 0. The molecule has 0 spiro atoms. The lowest BCUT2D eigenvalue weighted by atomic mass is 9.90. The van der Waals surface area contributed by atoms with E-state index in [1.54, 1.807) is 24.5 Å². The Kier molecular flexibility index (Phi) is 4.94. The lowest BCUT2D eigenvalue weighted by Crippen LogP contribution is -2.38. The average Bonchev–Trinajstić information content (AvgIpc) is 3.07. The molecule has 5 nitrogen and oxygen atoms in total. The number of nitrogens with zero attached hydrogens (tertiary/aromatic N) is 2. The molecule has 0 aliphatic heterocycles. The lowest BCUT2D eigenvalue weighted by molar-refractivity contribution is 0.102. The molecule has 0 fully saturated rings. The Labute approximate surface area is 159 Å². The summed E-state index contributed by atoms with van der Waals surface area (Å²) in [7, 11) is 0. The van der Waals surface area contributed by atoms with Crippen LogP contribution in [0.5, 0.6) is 0 Å². The van der Waals surface area contributed by atoms with Crippen LogP contribution in [0.25, 0.3) is 10.9 Å². The molecule has 0 radical (unpaired) electrons. The number of aromatic nitrogens is 2. The maximum absolute atomic E-state index is 12.4. The molecule has 5 heteroatoms. The number of aryl methyl sites for hydroxylation is 1. The molecule has 1 unspecified atom stereocenters. The Bertz CT molecular complexity index is 944. The van der Waals surface area contributed by atoms with Gasteiger partial charge in [-0.1, -0.05) is 13.8 Å². The molecule has 140 valence electrons. The van der Waals surface area contributed by atoms with Crippen molar-refractivity contribution in [3.8, 4) is 0 Å². The third kappa shape index (κ3) is 3.47. The number of aromatic amines is 1. The standard InChI is InChI=1S/C22H26N4O/c1-3-26(4-2)17-8-10-21-19(13-17)18-12-16(7-9-20(18)25-21)24-22(27)15-6-5-11-23-14-15/h5-7,9,11-12,14,17,25H,3-4,8,10,13H2,1-2H3,(H,24,27). The fourth-order valence-corrected chi connectivity index (χ4v) is 4.23. The van der Waals surface area contributed by atoms with Gasteiger partial charge in [-0.3, -0.25) is 9.78 Å². The monoisotopic (exact) mass is 362 g/mol. The quantitative estimate of drug-likeness (QED) is 0.721. The molecule has 1 amide bonds. The predicted octanol–water partition coefficient (Wildman–Crippen LogP) is 4.01. The van der Waals surface area contributed by atoms with Gasteiger partial charge in [0, 0.05) is 40.7 Å². The van der Waals surface area contributed by atoms with Crippen molar-refractivity contribution in [2.75, 3.05) is 18.4 Å². The molecule has 3 aromatic rings. The first-order valence-corrected chi connectivity index (χ1v) is 9.78. The van der Waals surface area contributed by atoms with Crippen LogP contribution in [0.2, 0.25) is 0 Å². The smallest absolute Gasteiger partial charge is 0.257 e. The lowest BCUT2D eigenvalue weighted by Gasteiger charge is -2.32. The zero-order valence-electron chi connectivity index (χ0n) is 16.0. The maximum Gasteiger partial charge on any atom is 0.257 e. The fraction of sp³-hybridized carbons (Fsp3) is 0.364. The van der Waals surface area contributed by atoms with Gasteiger partial charge in [0.05, 0.1) is 5.56 Å². The van der Waals surface area contributed by atoms with Crippen molar-refractivity contribution >= 4 is 22.5 Å². The van der Waals surface area contributed by atoms with Crippen LogP contribution >= 0.6 is 0 Å². The van der Waals surface area contributed by atoms with Gasteiger partial charge in [0.15, 0.2) is 0 Å². The van der Waals surface area contributed by atoms with Gasteiger partial charge < -0.3 is 15.2 Å². The second-order valence-electron chi connectivity index (χ2n) is 7.16. The normalized spacial score (nSPS) is 16.5. The number of fused-ring (bicyclic) bond motifs is 3. The number of hydrogen-bond donors (Lipinski definition) is 2. The first-order valence-electron chi connectivity index (χ1n) is 9.78. The van der Waals surface area contributed by atoms with Crippen LogP contribution in [-0.2, 0) is 12.8 Å². The molecule has 2 aromatic heterocycles. The van der Waals surface area contributed by atoms with Crippen molar-refractivity contribution < 1.29 is 4.79 Å². The van der Waals surface area contributed by atoms with Crippen molar-refractivity contribution in [2.45, 2.75) is 39.2 Å². The minimum atomic E-state index is -0.132. The molecule has 1 atom stereocenters. The molecule has 1 aliphatic carbocycles. The highest BCUT2D eigenvalue weighted by molar-refractivity contribution is 6.05. The molecule has 4 rings (SSSR count). The van der Waals surface area contributed by atoms with Crippen molar-refractivity contribution in [1.29, 1.82) is 0 Å². The van der Waals surface area contributed by atoms with Gasteiger partial charge in [-0.15, -0.1) is 0 Å². The summed E-state index contributed by atoms with van der Waals surface area (Å²) in [6, 6.07) is 10.3. The molecule has 0 bridgehead atoms. The van der Waals surface area contributed by atoms with E-state index in [1.807, 2.05) is 6.07 Å². The molecule has 1 aliphatic rings. The minimum Gasteiger partial charge on any atom is -0.358 e. The van der Waals surface area contributed by atoms with E-state index in [0.717, 1.165) is 37.1 Å². The highest BCUT2D eigenvalue weighted by Gasteiger charge is 2.25. The minimum absolute atomic E-state index is 0.132. The zero-order chi connectivity index (χ0) is 18.8. The molecular weight excluding hydrogens is 336 g/mol. The van der Waals surface area contributed by atoms with Crippen LogP contribution in [-0.4, -0.2) is 39.9 Å². The first-order chi connectivity index (χ1) is 13.2. The van der Waals surface area contributed by atoms with Crippen molar-refractivity contribution in [3.63, 3.8) is 0 Å². The number of carbonyl (C=O) groups excluding carboxylic acids is 1. The maximum atomic E-state index is 12.4.